The molecular weight excluding hydrogens is 492 g/mol. The molecule has 2 aromatic carbocycles. The van der Waals surface area contributed by atoms with Crippen molar-refractivity contribution in [3.63, 3.8) is 0 Å². The topological polar surface area (TPSA) is 149 Å². The highest BCUT2D eigenvalue weighted by Crippen LogP contribution is 2.43. The Kier molecular flexibility index (Phi) is 6.84. The number of ether oxygens (including phenoxy) is 2. The Morgan fingerprint density at radius 2 is 1.70 bits per heavy atom. The molecule has 3 rings (SSSR count). The summed E-state index contributed by atoms with van der Waals surface area (Å²) in [5.74, 6) is -3.57. The Morgan fingerprint density at radius 1 is 1.06 bits per heavy atom. The van der Waals surface area contributed by atoms with Gasteiger partial charge in [0.1, 0.15) is 11.5 Å². The second kappa shape index (κ2) is 9.58. The van der Waals surface area contributed by atoms with Crippen LogP contribution in [0.2, 0.25) is 0 Å². The third-order valence-electron chi connectivity index (χ3n) is 5.08. The van der Waals surface area contributed by atoms with E-state index in [9.17, 15) is 19.6 Å². The minimum atomic E-state index is -0.986. The number of nitrogens with two attached hydrogens (primary N) is 2. The van der Waals surface area contributed by atoms with Gasteiger partial charge in [-0.15, -0.1) is 0 Å². The van der Waals surface area contributed by atoms with Gasteiger partial charge in [-0.1, -0.05) is 30.3 Å². The lowest BCUT2D eigenvalue weighted by molar-refractivity contribution is -0.139. The molecule has 1 unspecified atom stereocenters. The van der Waals surface area contributed by atoms with Crippen LogP contribution in [0.25, 0.3) is 0 Å². The molecule has 1 atom stereocenters. The number of primary amides is 1. The number of allylic oxidation sites excluding steroid dienone is 1. The first kappa shape index (κ1) is 23.6. The van der Waals surface area contributed by atoms with Gasteiger partial charge >= 0.3 is 11.9 Å². The maximum atomic E-state index is 13.0. The first-order chi connectivity index (χ1) is 15.8. The van der Waals surface area contributed by atoms with E-state index in [-0.39, 0.29) is 33.9 Å². The average Bonchev–Trinajstić information content (AvgIpc) is 2.83. The number of hydrogen-bond acceptors (Lipinski definition) is 8. The molecule has 4 N–H and O–H groups in total. The summed E-state index contributed by atoms with van der Waals surface area (Å²) in [5.41, 5.74) is 12.4. The maximum Gasteiger partial charge on any atom is 0.355 e. The highest BCUT2D eigenvalue weighted by Gasteiger charge is 2.43. The van der Waals surface area contributed by atoms with E-state index in [0.717, 1.165) is 14.2 Å². The van der Waals surface area contributed by atoms with Crippen LogP contribution in [-0.4, -0.2) is 32.1 Å². The Bertz CT molecular complexity index is 1250. The molecule has 0 spiro atoms. The predicted octanol–water partition coefficient (Wildman–Crippen LogP) is 2.45. The first-order valence-corrected chi connectivity index (χ1v) is 10.3. The SMILES string of the molecule is COC(=O)C1=C(C(=O)OC)N(c2ccc(Br)c(C(N)=O)c2)C(N)=C(C#N)C1c1ccccc1. The van der Waals surface area contributed by atoms with Gasteiger partial charge in [-0.25, -0.2) is 9.59 Å². The number of rotatable bonds is 5. The molecule has 0 fully saturated rings. The van der Waals surface area contributed by atoms with E-state index in [0.29, 0.717) is 10.0 Å². The molecule has 9 nitrogen and oxygen atoms in total. The van der Waals surface area contributed by atoms with Gasteiger partial charge in [0.2, 0.25) is 5.91 Å². The molecule has 10 heteroatoms. The molecule has 2 aromatic rings. The number of carbonyl (C=O) groups is 3. The minimum Gasteiger partial charge on any atom is -0.466 e. The Hall–Kier alpha value is -4.10. The smallest absolute Gasteiger partial charge is 0.355 e. The van der Waals surface area contributed by atoms with Crippen LogP contribution in [0.5, 0.6) is 0 Å². The van der Waals surface area contributed by atoms with Crippen LogP contribution in [-0.2, 0) is 19.1 Å². The fourth-order valence-corrected chi connectivity index (χ4v) is 4.06. The average molecular weight is 511 g/mol. The van der Waals surface area contributed by atoms with E-state index < -0.39 is 23.8 Å². The zero-order valence-electron chi connectivity index (χ0n) is 17.7. The van der Waals surface area contributed by atoms with Gasteiger partial charge in [0.05, 0.1) is 42.9 Å². The molecule has 1 aliphatic heterocycles. The van der Waals surface area contributed by atoms with Gasteiger partial charge < -0.3 is 20.9 Å². The first-order valence-electron chi connectivity index (χ1n) is 9.51. The zero-order valence-corrected chi connectivity index (χ0v) is 19.3. The van der Waals surface area contributed by atoms with Crippen molar-refractivity contribution in [1.29, 1.82) is 5.26 Å². The summed E-state index contributed by atoms with van der Waals surface area (Å²) in [5, 5.41) is 10.0. The number of halogens is 1. The molecule has 0 aromatic heterocycles. The molecule has 1 heterocycles. The molecule has 33 heavy (non-hydrogen) atoms. The number of nitrogens with zero attached hydrogens (tertiary/aromatic N) is 2. The van der Waals surface area contributed by atoms with Crippen molar-refractivity contribution < 1.29 is 23.9 Å². The molecule has 168 valence electrons. The van der Waals surface area contributed by atoms with Crippen LogP contribution >= 0.6 is 15.9 Å². The summed E-state index contributed by atoms with van der Waals surface area (Å²) < 4.78 is 10.3. The second-order valence-electron chi connectivity index (χ2n) is 6.86. The Labute approximate surface area is 198 Å². The van der Waals surface area contributed by atoms with Crippen molar-refractivity contribution in [2.24, 2.45) is 11.5 Å². The maximum absolute atomic E-state index is 13.0. The van der Waals surface area contributed by atoms with Crippen LogP contribution in [0.3, 0.4) is 0 Å². The van der Waals surface area contributed by atoms with Crippen molar-refractivity contribution in [3.8, 4) is 6.07 Å². The van der Waals surface area contributed by atoms with Crippen LogP contribution in [0, 0.1) is 11.3 Å². The summed E-state index contributed by atoms with van der Waals surface area (Å²) in [4.78, 5) is 39.1. The van der Waals surface area contributed by atoms with E-state index in [1.165, 1.54) is 17.0 Å². The molecule has 0 aliphatic carbocycles. The van der Waals surface area contributed by atoms with Gasteiger partial charge in [-0.2, -0.15) is 5.26 Å². The molecule has 1 aliphatic rings. The Balaban J connectivity index is 2.43. The van der Waals surface area contributed by atoms with Gasteiger partial charge in [-0.05, 0) is 39.7 Å². The summed E-state index contributed by atoms with van der Waals surface area (Å²) in [6.07, 6.45) is 0. The van der Waals surface area contributed by atoms with E-state index in [2.05, 4.69) is 22.0 Å². The fourth-order valence-electron chi connectivity index (χ4n) is 3.62. The van der Waals surface area contributed by atoms with Crippen LogP contribution in [0.15, 0.2) is 75.7 Å². The largest absolute Gasteiger partial charge is 0.466 e. The van der Waals surface area contributed by atoms with Crippen molar-refractivity contribution in [2.45, 2.75) is 5.92 Å². The van der Waals surface area contributed by atoms with Crippen LogP contribution in [0.4, 0.5) is 5.69 Å². The number of amides is 1. The van der Waals surface area contributed by atoms with Gasteiger partial charge in [0.15, 0.2) is 0 Å². The van der Waals surface area contributed by atoms with Crippen molar-refractivity contribution in [3.05, 3.63) is 86.8 Å². The normalized spacial score (nSPS) is 15.7. The lowest BCUT2D eigenvalue weighted by Crippen LogP contribution is -2.40. The molecule has 1 amide bonds. The quantitative estimate of drug-likeness (QED) is 0.582. The summed E-state index contributed by atoms with van der Waals surface area (Å²) in [7, 11) is 2.31. The van der Waals surface area contributed by atoms with Gasteiger partial charge in [-0.3, -0.25) is 9.69 Å². The third kappa shape index (κ3) is 4.18. The highest BCUT2D eigenvalue weighted by atomic mass is 79.9. The number of methoxy groups -OCH3 is 2. The number of hydrogen-bond donors (Lipinski definition) is 2. The monoisotopic (exact) mass is 510 g/mol. The highest BCUT2D eigenvalue weighted by molar-refractivity contribution is 9.10. The van der Waals surface area contributed by atoms with E-state index in [1.807, 2.05) is 0 Å². The molecule has 0 saturated heterocycles. The van der Waals surface area contributed by atoms with Crippen molar-refractivity contribution in [1.82, 2.24) is 0 Å². The Morgan fingerprint density at radius 3 is 2.24 bits per heavy atom. The summed E-state index contributed by atoms with van der Waals surface area (Å²) in [6, 6.07) is 15.1. The number of benzene rings is 2. The minimum absolute atomic E-state index is 0.0118. The number of nitriles is 1. The standard InChI is InChI=1S/C23H19BrN4O5/c1-32-22(30)18-17(12-6-4-3-5-7-12)15(11-25)20(26)28(19(18)23(31)33-2)13-8-9-16(24)14(10-13)21(27)29/h3-10,17H,26H2,1-2H3,(H2,27,29). The lowest BCUT2D eigenvalue weighted by Gasteiger charge is -2.36. The molecule has 0 radical (unpaired) electrons. The molecule has 0 bridgehead atoms. The van der Waals surface area contributed by atoms with Crippen LogP contribution < -0.4 is 16.4 Å². The van der Waals surface area contributed by atoms with Crippen molar-refractivity contribution >= 4 is 39.5 Å². The number of carbonyl (C=O) groups excluding carboxylic acids is 3. The predicted molar refractivity (Wildman–Crippen MR) is 122 cm³/mol. The summed E-state index contributed by atoms with van der Waals surface area (Å²) >= 11 is 3.25. The van der Waals surface area contributed by atoms with Crippen molar-refractivity contribution in [2.75, 3.05) is 19.1 Å². The third-order valence-corrected chi connectivity index (χ3v) is 5.78. The number of anilines is 1. The fraction of sp³-hybridized carbons (Fsp3) is 0.130. The van der Waals surface area contributed by atoms with E-state index in [4.69, 9.17) is 20.9 Å². The van der Waals surface area contributed by atoms with E-state index in [1.54, 1.807) is 36.4 Å². The molecular formula is C23H19BrN4O5. The lowest BCUT2D eigenvalue weighted by atomic mass is 9.81. The van der Waals surface area contributed by atoms with E-state index >= 15 is 0 Å². The second-order valence-corrected chi connectivity index (χ2v) is 7.72. The van der Waals surface area contributed by atoms with Crippen LogP contribution in [0.1, 0.15) is 21.8 Å². The van der Waals surface area contributed by atoms with Gasteiger partial charge in [0, 0.05) is 10.2 Å². The molecule has 0 saturated carbocycles. The van der Waals surface area contributed by atoms with Gasteiger partial charge in [0.25, 0.3) is 0 Å². The summed E-state index contributed by atoms with van der Waals surface area (Å²) in [6.45, 7) is 0. The number of esters is 2. The zero-order chi connectivity index (χ0) is 24.3.